The molecule has 9 heteroatoms. The number of piperazine rings is 1. The molecule has 1 N–H and O–H groups in total. The van der Waals surface area contributed by atoms with Crippen LogP contribution in [0.2, 0.25) is 5.02 Å². The van der Waals surface area contributed by atoms with Crippen molar-refractivity contribution in [2.24, 2.45) is 5.92 Å². The van der Waals surface area contributed by atoms with Gasteiger partial charge in [-0.3, -0.25) is 4.79 Å². The number of rotatable bonds is 6. The highest BCUT2D eigenvalue weighted by molar-refractivity contribution is 7.91. The molecule has 152 valence electrons. The number of sulfonamides is 1. The zero-order chi connectivity index (χ0) is 20.3. The highest BCUT2D eigenvalue weighted by atomic mass is 35.5. The van der Waals surface area contributed by atoms with Crippen LogP contribution < -0.4 is 9.62 Å². The van der Waals surface area contributed by atoms with Crippen LogP contribution in [0.1, 0.15) is 13.8 Å². The Morgan fingerprint density at radius 2 is 1.75 bits per heavy atom. The lowest BCUT2D eigenvalue weighted by Gasteiger charge is -2.38. The maximum absolute atomic E-state index is 13.0. The van der Waals surface area contributed by atoms with Crippen molar-refractivity contribution in [1.29, 1.82) is 0 Å². The standard InChI is InChI=1S/C19H24ClN3O3S2/c1-14(2)18(21-28(25,26)17-4-3-13-27-17)19(24)23-11-9-22(10-12-23)16-7-5-15(20)6-8-16/h3-8,13-14,18,21H,9-12H2,1-2H3/t18-/m0/s1. The molecule has 1 aromatic heterocycles. The lowest BCUT2D eigenvalue weighted by atomic mass is 10.0. The molecule has 0 bridgehead atoms. The van der Waals surface area contributed by atoms with Gasteiger partial charge in [-0.25, -0.2) is 8.42 Å². The first-order valence-electron chi connectivity index (χ1n) is 9.13. The van der Waals surface area contributed by atoms with Crippen LogP contribution >= 0.6 is 22.9 Å². The van der Waals surface area contributed by atoms with Crippen molar-refractivity contribution in [1.82, 2.24) is 9.62 Å². The van der Waals surface area contributed by atoms with Gasteiger partial charge in [0.05, 0.1) is 0 Å². The Kier molecular flexibility index (Phi) is 6.65. The molecule has 1 atom stereocenters. The van der Waals surface area contributed by atoms with Gasteiger partial charge in [0.2, 0.25) is 5.91 Å². The molecule has 0 radical (unpaired) electrons. The summed E-state index contributed by atoms with van der Waals surface area (Å²) in [5.41, 5.74) is 1.07. The fraction of sp³-hybridized carbons (Fsp3) is 0.421. The fourth-order valence-corrected chi connectivity index (χ4v) is 5.62. The summed E-state index contributed by atoms with van der Waals surface area (Å²) < 4.78 is 28.0. The summed E-state index contributed by atoms with van der Waals surface area (Å²) in [6.07, 6.45) is 0. The number of carbonyl (C=O) groups is 1. The quantitative estimate of drug-likeness (QED) is 0.747. The van der Waals surface area contributed by atoms with E-state index in [1.54, 1.807) is 22.4 Å². The molecule has 0 aliphatic carbocycles. The van der Waals surface area contributed by atoms with Gasteiger partial charge in [-0.2, -0.15) is 4.72 Å². The summed E-state index contributed by atoms with van der Waals surface area (Å²) in [5.74, 6) is -0.331. The molecular weight excluding hydrogens is 418 g/mol. The van der Waals surface area contributed by atoms with Crippen molar-refractivity contribution in [3.8, 4) is 0 Å². The normalized spacial score (nSPS) is 16.4. The molecule has 1 aliphatic heterocycles. The largest absolute Gasteiger partial charge is 0.368 e. The summed E-state index contributed by atoms with van der Waals surface area (Å²) in [7, 11) is -3.70. The Labute approximate surface area is 175 Å². The summed E-state index contributed by atoms with van der Waals surface area (Å²) in [6.45, 7) is 6.18. The number of nitrogens with one attached hydrogen (secondary N) is 1. The number of benzene rings is 1. The van der Waals surface area contributed by atoms with Gasteiger partial charge in [0.15, 0.2) is 0 Å². The molecule has 1 aromatic carbocycles. The van der Waals surface area contributed by atoms with Gasteiger partial charge in [-0.1, -0.05) is 31.5 Å². The average Bonchev–Trinajstić information content (AvgIpc) is 3.22. The summed E-state index contributed by atoms with van der Waals surface area (Å²) >= 11 is 7.08. The smallest absolute Gasteiger partial charge is 0.250 e. The molecule has 1 fully saturated rings. The number of hydrogen-bond acceptors (Lipinski definition) is 5. The third-order valence-electron chi connectivity index (χ3n) is 4.76. The van der Waals surface area contributed by atoms with Crippen LogP contribution in [0, 0.1) is 5.92 Å². The molecule has 2 heterocycles. The topological polar surface area (TPSA) is 69.7 Å². The third kappa shape index (κ3) is 4.86. The van der Waals surface area contributed by atoms with Crippen LogP contribution in [0.3, 0.4) is 0 Å². The molecule has 0 unspecified atom stereocenters. The van der Waals surface area contributed by atoms with Gasteiger partial charge in [-0.15, -0.1) is 11.3 Å². The third-order valence-corrected chi connectivity index (χ3v) is 7.85. The van der Waals surface area contributed by atoms with Crippen molar-refractivity contribution in [3.05, 3.63) is 46.8 Å². The second-order valence-electron chi connectivity index (χ2n) is 7.06. The molecule has 0 spiro atoms. The van der Waals surface area contributed by atoms with Gasteiger partial charge < -0.3 is 9.80 Å². The van der Waals surface area contributed by atoms with Gasteiger partial charge in [0, 0.05) is 36.9 Å². The van der Waals surface area contributed by atoms with E-state index in [0.29, 0.717) is 31.2 Å². The number of halogens is 1. The minimum absolute atomic E-state index is 0.156. The van der Waals surface area contributed by atoms with Crippen LogP contribution in [-0.2, 0) is 14.8 Å². The molecule has 3 rings (SSSR count). The predicted octanol–water partition coefficient (Wildman–Crippen LogP) is 3.05. The van der Waals surface area contributed by atoms with Gasteiger partial charge in [0.25, 0.3) is 10.0 Å². The Morgan fingerprint density at radius 3 is 2.29 bits per heavy atom. The molecule has 28 heavy (non-hydrogen) atoms. The van der Waals surface area contributed by atoms with Crippen LogP contribution in [0.25, 0.3) is 0 Å². The molecular formula is C19H24ClN3O3S2. The minimum Gasteiger partial charge on any atom is -0.368 e. The van der Waals surface area contributed by atoms with Crippen molar-refractivity contribution < 1.29 is 13.2 Å². The van der Waals surface area contributed by atoms with Gasteiger partial charge in [0.1, 0.15) is 10.3 Å². The van der Waals surface area contributed by atoms with E-state index in [0.717, 1.165) is 17.0 Å². The lowest BCUT2D eigenvalue weighted by Crippen LogP contribution is -2.56. The molecule has 1 amide bonds. The van der Waals surface area contributed by atoms with E-state index in [4.69, 9.17) is 11.6 Å². The van der Waals surface area contributed by atoms with Gasteiger partial charge >= 0.3 is 0 Å². The molecule has 1 aliphatic rings. The number of nitrogens with zero attached hydrogens (tertiary/aromatic N) is 2. The SMILES string of the molecule is CC(C)[C@H](NS(=O)(=O)c1cccs1)C(=O)N1CCN(c2ccc(Cl)cc2)CC1. The van der Waals surface area contributed by atoms with E-state index < -0.39 is 16.1 Å². The first-order chi connectivity index (χ1) is 13.3. The highest BCUT2D eigenvalue weighted by Crippen LogP contribution is 2.21. The first-order valence-corrected chi connectivity index (χ1v) is 11.9. The Bertz CT molecular complexity index is 891. The van der Waals surface area contributed by atoms with E-state index in [1.807, 2.05) is 38.1 Å². The maximum atomic E-state index is 13.0. The van der Waals surface area contributed by atoms with Crippen LogP contribution in [-0.4, -0.2) is 51.4 Å². The lowest BCUT2D eigenvalue weighted by molar-refractivity contribution is -0.134. The van der Waals surface area contributed by atoms with E-state index in [-0.39, 0.29) is 16.0 Å². The highest BCUT2D eigenvalue weighted by Gasteiger charge is 2.33. The minimum atomic E-state index is -3.70. The number of hydrogen-bond donors (Lipinski definition) is 1. The molecule has 6 nitrogen and oxygen atoms in total. The Hall–Kier alpha value is -1.61. The zero-order valence-electron chi connectivity index (χ0n) is 15.8. The molecule has 0 saturated carbocycles. The van der Waals surface area contributed by atoms with Crippen molar-refractivity contribution in [2.45, 2.75) is 24.1 Å². The van der Waals surface area contributed by atoms with Crippen molar-refractivity contribution >= 4 is 44.6 Å². The monoisotopic (exact) mass is 441 g/mol. The number of anilines is 1. The molecule has 2 aromatic rings. The average molecular weight is 442 g/mol. The predicted molar refractivity (Wildman–Crippen MR) is 114 cm³/mol. The van der Waals surface area contributed by atoms with E-state index in [9.17, 15) is 13.2 Å². The second kappa shape index (κ2) is 8.82. The Morgan fingerprint density at radius 1 is 1.11 bits per heavy atom. The maximum Gasteiger partial charge on any atom is 0.250 e. The van der Waals surface area contributed by atoms with Crippen LogP contribution in [0.5, 0.6) is 0 Å². The summed E-state index contributed by atoms with van der Waals surface area (Å²) in [6, 6.07) is 10.1. The fourth-order valence-electron chi connectivity index (χ4n) is 3.15. The first kappa shape index (κ1) is 21.1. The van der Waals surface area contributed by atoms with Crippen LogP contribution in [0.4, 0.5) is 5.69 Å². The number of carbonyl (C=O) groups excluding carboxylic acids is 1. The van der Waals surface area contributed by atoms with Gasteiger partial charge in [-0.05, 0) is 41.6 Å². The zero-order valence-corrected chi connectivity index (χ0v) is 18.2. The van der Waals surface area contributed by atoms with E-state index in [2.05, 4.69) is 9.62 Å². The van der Waals surface area contributed by atoms with E-state index >= 15 is 0 Å². The number of amides is 1. The molecule has 1 saturated heterocycles. The number of thiophene rings is 1. The van der Waals surface area contributed by atoms with Crippen molar-refractivity contribution in [2.75, 3.05) is 31.1 Å². The summed E-state index contributed by atoms with van der Waals surface area (Å²) in [4.78, 5) is 17.0. The second-order valence-corrected chi connectivity index (χ2v) is 10.4. The van der Waals surface area contributed by atoms with Crippen molar-refractivity contribution in [3.63, 3.8) is 0 Å². The van der Waals surface area contributed by atoms with E-state index in [1.165, 1.54) is 0 Å². The van der Waals surface area contributed by atoms with Crippen LogP contribution in [0.15, 0.2) is 46.0 Å². The Balaban J connectivity index is 1.65. The summed E-state index contributed by atoms with van der Waals surface area (Å²) in [5, 5.41) is 2.40.